The quantitative estimate of drug-likeness (QED) is 0.836. The Morgan fingerprint density at radius 3 is 2.40 bits per heavy atom. The number of methoxy groups -OCH3 is 1. The van der Waals surface area contributed by atoms with Crippen LogP contribution in [0.3, 0.4) is 0 Å². The molecule has 2 aromatic carbocycles. The first-order valence-electron chi connectivity index (χ1n) is 8.77. The highest BCUT2D eigenvalue weighted by atomic mass is 16.7. The monoisotopic (exact) mass is 340 g/mol. The van der Waals surface area contributed by atoms with Crippen LogP contribution >= 0.6 is 0 Å². The number of benzene rings is 2. The summed E-state index contributed by atoms with van der Waals surface area (Å²) in [6, 6.07) is 14.5. The zero-order valence-corrected chi connectivity index (χ0v) is 14.6. The van der Waals surface area contributed by atoms with E-state index < -0.39 is 0 Å². The lowest BCUT2D eigenvalue weighted by molar-refractivity contribution is 0.121. The normalized spacial score (nSPS) is 17.6. The number of piperazine rings is 1. The molecule has 0 bridgehead atoms. The van der Waals surface area contributed by atoms with Crippen molar-refractivity contribution >= 4 is 0 Å². The van der Waals surface area contributed by atoms with Crippen LogP contribution in [0.4, 0.5) is 0 Å². The van der Waals surface area contributed by atoms with Gasteiger partial charge in [0.25, 0.3) is 0 Å². The Hall–Kier alpha value is -2.24. The maximum absolute atomic E-state index is 5.47. The highest BCUT2D eigenvalue weighted by molar-refractivity contribution is 5.44. The van der Waals surface area contributed by atoms with E-state index in [1.807, 2.05) is 18.2 Å². The molecule has 2 aliphatic rings. The lowest BCUT2D eigenvalue weighted by Crippen LogP contribution is -2.45. The third-order valence-corrected chi connectivity index (χ3v) is 4.89. The van der Waals surface area contributed by atoms with E-state index in [0.717, 1.165) is 56.5 Å². The Kier molecular flexibility index (Phi) is 4.76. The van der Waals surface area contributed by atoms with E-state index >= 15 is 0 Å². The SMILES string of the molecule is COc1ccccc1CN1CCN(Cc2ccc3c(c2)OCO3)CC1. The standard InChI is InChI=1S/C20H24N2O3/c1-23-18-5-3-2-4-17(18)14-22-10-8-21(9-11-22)13-16-6-7-19-20(12-16)25-15-24-19/h2-7,12H,8-11,13-15H2,1H3. The molecule has 2 aromatic rings. The molecule has 0 N–H and O–H groups in total. The van der Waals surface area contributed by atoms with Gasteiger partial charge in [-0.25, -0.2) is 0 Å². The molecular weight excluding hydrogens is 316 g/mol. The largest absolute Gasteiger partial charge is 0.496 e. The minimum Gasteiger partial charge on any atom is -0.496 e. The maximum atomic E-state index is 5.47. The topological polar surface area (TPSA) is 34.2 Å². The van der Waals surface area contributed by atoms with Crippen molar-refractivity contribution in [2.45, 2.75) is 13.1 Å². The molecule has 0 aliphatic carbocycles. The summed E-state index contributed by atoms with van der Waals surface area (Å²) in [6.45, 7) is 6.53. The first kappa shape index (κ1) is 16.2. The fourth-order valence-corrected chi connectivity index (χ4v) is 3.48. The molecule has 0 saturated carbocycles. The highest BCUT2D eigenvalue weighted by Crippen LogP contribution is 2.32. The molecule has 1 fully saturated rings. The molecule has 0 unspecified atom stereocenters. The first-order valence-corrected chi connectivity index (χ1v) is 8.77. The third-order valence-electron chi connectivity index (χ3n) is 4.89. The zero-order chi connectivity index (χ0) is 17.1. The van der Waals surface area contributed by atoms with E-state index in [1.54, 1.807) is 7.11 Å². The number of para-hydroxylation sites is 1. The molecule has 0 spiro atoms. The average Bonchev–Trinajstić information content (AvgIpc) is 3.12. The molecule has 1 saturated heterocycles. The lowest BCUT2D eigenvalue weighted by atomic mass is 10.1. The van der Waals surface area contributed by atoms with Crippen LogP contribution in [0.1, 0.15) is 11.1 Å². The van der Waals surface area contributed by atoms with Crippen LogP contribution in [-0.2, 0) is 13.1 Å². The second kappa shape index (κ2) is 7.33. The molecule has 2 aliphatic heterocycles. The van der Waals surface area contributed by atoms with Crippen LogP contribution < -0.4 is 14.2 Å². The summed E-state index contributed by atoms with van der Waals surface area (Å²) in [6.07, 6.45) is 0. The Labute approximate surface area is 148 Å². The van der Waals surface area contributed by atoms with E-state index in [4.69, 9.17) is 14.2 Å². The second-order valence-corrected chi connectivity index (χ2v) is 6.55. The van der Waals surface area contributed by atoms with E-state index in [-0.39, 0.29) is 0 Å². The smallest absolute Gasteiger partial charge is 0.231 e. The number of hydrogen-bond acceptors (Lipinski definition) is 5. The van der Waals surface area contributed by atoms with Crippen molar-refractivity contribution in [2.24, 2.45) is 0 Å². The molecule has 5 heteroatoms. The molecule has 5 nitrogen and oxygen atoms in total. The maximum Gasteiger partial charge on any atom is 0.231 e. The minimum absolute atomic E-state index is 0.334. The second-order valence-electron chi connectivity index (χ2n) is 6.55. The van der Waals surface area contributed by atoms with Crippen LogP contribution in [0, 0.1) is 0 Å². The van der Waals surface area contributed by atoms with Crippen molar-refractivity contribution in [1.29, 1.82) is 0 Å². The van der Waals surface area contributed by atoms with Gasteiger partial charge < -0.3 is 14.2 Å². The van der Waals surface area contributed by atoms with E-state index in [1.165, 1.54) is 11.1 Å². The fraction of sp³-hybridized carbons (Fsp3) is 0.400. The number of rotatable bonds is 5. The van der Waals surface area contributed by atoms with Crippen LogP contribution in [-0.4, -0.2) is 49.9 Å². The molecule has 0 amide bonds. The van der Waals surface area contributed by atoms with E-state index in [2.05, 4.69) is 34.1 Å². The predicted molar refractivity (Wildman–Crippen MR) is 96.1 cm³/mol. The van der Waals surface area contributed by atoms with Gasteiger partial charge in [0.1, 0.15) is 5.75 Å². The summed E-state index contributed by atoms with van der Waals surface area (Å²) in [5.74, 6) is 2.70. The van der Waals surface area contributed by atoms with Crippen LogP contribution in [0.2, 0.25) is 0 Å². The van der Waals surface area contributed by atoms with Crippen molar-refractivity contribution in [3.05, 3.63) is 53.6 Å². The van der Waals surface area contributed by atoms with Gasteiger partial charge in [-0.2, -0.15) is 0 Å². The Bertz CT molecular complexity index is 727. The van der Waals surface area contributed by atoms with E-state index in [0.29, 0.717) is 6.79 Å². The molecule has 0 aromatic heterocycles. The van der Waals surface area contributed by atoms with Gasteiger partial charge in [0.2, 0.25) is 6.79 Å². The van der Waals surface area contributed by atoms with Gasteiger partial charge in [0.15, 0.2) is 11.5 Å². The number of ether oxygens (including phenoxy) is 3. The fourth-order valence-electron chi connectivity index (χ4n) is 3.48. The summed E-state index contributed by atoms with van der Waals surface area (Å²) < 4.78 is 16.3. The molecule has 132 valence electrons. The Morgan fingerprint density at radius 2 is 1.60 bits per heavy atom. The molecular formula is C20H24N2O3. The summed E-state index contributed by atoms with van der Waals surface area (Å²) in [7, 11) is 1.74. The number of fused-ring (bicyclic) bond motifs is 1. The van der Waals surface area contributed by atoms with Gasteiger partial charge >= 0.3 is 0 Å². The van der Waals surface area contributed by atoms with Crippen molar-refractivity contribution in [2.75, 3.05) is 40.1 Å². The van der Waals surface area contributed by atoms with Crippen LogP contribution in [0.15, 0.2) is 42.5 Å². The summed E-state index contributed by atoms with van der Waals surface area (Å²) in [5, 5.41) is 0. The average molecular weight is 340 g/mol. The molecule has 25 heavy (non-hydrogen) atoms. The van der Waals surface area contributed by atoms with Crippen molar-refractivity contribution < 1.29 is 14.2 Å². The van der Waals surface area contributed by atoms with Gasteiger partial charge in [0.05, 0.1) is 7.11 Å². The van der Waals surface area contributed by atoms with E-state index in [9.17, 15) is 0 Å². The third kappa shape index (κ3) is 3.72. The van der Waals surface area contributed by atoms with Gasteiger partial charge in [0, 0.05) is 44.8 Å². The summed E-state index contributed by atoms with van der Waals surface area (Å²) in [5.41, 5.74) is 2.54. The zero-order valence-electron chi connectivity index (χ0n) is 14.6. The van der Waals surface area contributed by atoms with Crippen molar-refractivity contribution in [3.63, 3.8) is 0 Å². The molecule has 0 radical (unpaired) electrons. The first-order chi connectivity index (χ1) is 12.3. The van der Waals surface area contributed by atoms with Crippen LogP contribution in [0.5, 0.6) is 17.2 Å². The molecule has 0 atom stereocenters. The van der Waals surface area contributed by atoms with Crippen molar-refractivity contribution in [3.8, 4) is 17.2 Å². The van der Waals surface area contributed by atoms with Crippen LogP contribution in [0.25, 0.3) is 0 Å². The Morgan fingerprint density at radius 1 is 0.880 bits per heavy atom. The Balaban J connectivity index is 1.31. The molecule has 4 rings (SSSR count). The van der Waals surface area contributed by atoms with Gasteiger partial charge in [-0.1, -0.05) is 24.3 Å². The highest BCUT2D eigenvalue weighted by Gasteiger charge is 2.19. The molecule has 2 heterocycles. The minimum atomic E-state index is 0.334. The number of nitrogens with zero attached hydrogens (tertiary/aromatic N) is 2. The summed E-state index contributed by atoms with van der Waals surface area (Å²) >= 11 is 0. The van der Waals surface area contributed by atoms with Gasteiger partial charge in [-0.15, -0.1) is 0 Å². The van der Waals surface area contributed by atoms with Gasteiger partial charge in [-0.05, 0) is 23.8 Å². The number of hydrogen-bond donors (Lipinski definition) is 0. The predicted octanol–water partition coefficient (Wildman–Crippen LogP) is 2.74. The lowest BCUT2D eigenvalue weighted by Gasteiger charge is -2.35. The summed E-state index contributed by atoms with van der Waals surface area (Å²) in [4.78, 5) is 4.99. The van der Waals surface area contributed by atoms with Gasteiger partial charge in [-0.3, -0.25) is 9.80 Å². The van der Waals surface area contributed by atoms with Crippen molar-refractivity contribution in [1.82, 2.24) is 9.80 Å².